The lowest BCUT2D eigenvalue weighted by atomic mass is 9.61. The number of hydrogen-bond acceptors (Lipinski definition) is 2. The highest BCUT2D eigenvalue weighted by Crippen LogP contribution is 2.50. The number of fused-ring (bicyclic) bond motifs is 1. The minimum absolute atomic E-state index is 0.136. The topological polar surface area (TPSA) is 37.3 Å². The molecule has 0 heterocycles. The molecule has 0 radical (unpaired) electrons. The van der Waals surface area contributed by atoms with Crippen molar-refractivity contribution in [2.75, 3.05) is 0 Å². The van der Waals surface area contributed by atoms with Crippen molar-refractivity contribution in [3.05, 3.63) is 51.0 Å². The average molecular weight is 361 g/mol. The van der Waals surface area contributed by atoms with Crippen molar-refractivity contribution in [3.8, 4) is 0 Å². The average Bonchev–Trinajstić information content (AvgIpc) is 2.49. The third-order valence-electron chi connectivity index (χ3n) is 5.21. The molecule has 1 unspecified atom stereocenters. The van der Waals surface area contributed by atoms with Gasteiger partial charge in [-0.25, -0.2) is 0 Å². The Bertz CT molecular complexity index is 686. The number of aliphatic hydroxyl groups excluding tert-OH is 1. The smallest absolute Gasteiger partial charge is 0.184 e. The molecule has 0 aromatic heterocycles. The van der Waals surface area contributed by atoms with E-state index in [1.807, 2.05) is 37.3 Å². The van der Waals surface area contributed by atoms with Gasteiger partial charge < -0.3 is 5.11 Å². The first-order valence-corrected chi connectivity index (χ1v) is 8.61. The molecule has 0 amide bonds. The largest absolute Gasteiger partial charge is 0.392 e. The standard InChI is InChI=1S/C19H21BrO2/c1-12-15-7-5-9-17(21)19(15,2)11-14(18(12)22)10-13-6-3-4-8-16(13)20/h3-4,6,8,10,17,21H,5,7,9,11H2,1-2H3/t17?,19-/m0/s1. The van der Waals surface area contributed by atoms with Gasteiger partial charge in [-0.3, -0.25) is 4.79 Å². The van der Waals surface area contributed by atoms with E-state index in [1.165, 1.54) is 5.57 Å². The summed E-state index contributed by atoms with van der Waals surface area (Å²) in [7, 11) is 0. The van der Waals surface area contributed by atoms with Gasteiger partial charge in [-0.2, -0.15) is 0 Å². The van der Waals surface area contributed by atoms with E-state index in [0.29, 0.717) is 6.42 Å². The maximum atomic E-state index is 12.7. The van der Waals surface area contributed by atoms with Gasteiger partial charge in [0.05, 0.1) is 6.10 Å². The first-order valence-electron chi connectivity index (χ1n) is 7.81. The van der Waals surface area contributed by atoms with Gasteiger partial charge in [0.2, 0.25) is 0 Å². The number of rotatable bonds is 1. The van der Waals surface area contributed by atoms with Crippen LogP contribution in [0.25, 0.3) is 6.08 Å². The van der Waals surface area contributed by atoms with Crippen LogP contribution in [0.15, 0.2) is 45.5 Å². The molecule has 3 rings (SSSR count). The van der Waals surface area contributed by atoms with Crippen LogP contribution < -0.4 is 0 Å². The van der Waals surface area contributed by atoms with Gasteiger partial charge in [-0.1, -0.05) is 46.6 Å². The Hall–Kier alpha value is -1.19. The second-order valence-electron chi connectivity index (χ2n) is 6.63. The van der Waals surface area contributed by atoms with Crippen LogP contribution in [0.4, 0.5) is 0 Å². The molecule has 1 saturated carbocycles. The number of aliphatic hydroxyl groups is 1. The molecule has 0 saturated heterocycles. The summed E-state index contributed by atoms with van der Waals surface area (Å²) in [5.41, 5.74) is 3.53. The summed E-state index contributed by atoms with van der Waals surface area (Å²) in [6.45, 7) is 4.02. The van der Waals surface area contributed by atoms with Crippen LogP contribution in [0.3, 0.4) is 0 Å². The molecule has 3 heteroatoms. The molecule has 2 aliphatic rings. The minimum Gasteiger partial charge on any atom is -0.392 e. The van der Waals surface area contributed by atoms with Gasteiger partial charge in [0.25, 0.3) is 0 Å². The molecular weight excluding hydrogens is 340 g/mol. The summed E-state index contributed by atoms with van der Waals surface area (Å²) in [5, 5.41) is 10.5. The van der Waals surface area contributed by atoms with E-state index < -0.39 is 0 Å². The molecule has 116 valence electrons. The van der Waals surface area contributed by atoms with Crippen LogP contribution in [0.2, 0.25) is 0 Å². The van der Waals surface area contributed by atoms with Crippen molar-refractivity contribution < 1.29 is 9.90 Å². The zero-order chi connectivity index (χ0) is 15.9. The minimum atomic E-state index is -0.359. The highest BCUT2D eigenvalue weighted by atomic mass is 79.9. The molecule has 2 aliphatic carbocycles. The molecule has 2 atom stereocenters. The van der Waals surface area contributed by atoms with Gasteiger partial charge >= 0.3 is 0 Å². The summed E-state index contributed by atoms with van der Waals surface area (Å²) < 4.78 is 0.983. The number of ketones is 1. The third-order valence-corrected chi connectivity index (χ3v) is 5.93. The van der Waals surface area contributed by atoms with Crippen molar-refractivity contribution in [3.63, 3.8) is 0 Å². The highest BCUT2D eigenvalue weighted by Gasteiger charge is 2.45. The molecular formula is C19H21BrO2. The second-order valence-corrected chi connectivity index (χ2v) is 7.48. The quantitative estimate of drug-likeness (QED) is 0.738. The van der Waals surface area contributed by atoms with Gasteiger partial charge in [-0.05, 0) is 55.9 Å². The Morgan fingerprint density at radius 1 is 1.36 bits per heavy atom. The predicted octanol–water partition coefficient (Wildman–Crippen LogP) is 4.67. The normalized spacial score (nSPS) is 30.6. The zero-order valence-electron chi connectivity index (χ0n) is 13.0. The van der Waals surface area contributed by atoms with Crippen molar-refractivity contribution in [2.24, 2.45) is 5.41 Å². The molecule has 0 aliphatic heterocycles. The number of carbonyl (C=O) groups excluding carboxylic acids is 1. The lowest BCUT2D eigenvalue weighted by molar-refractivity contribution is -0.113. The van der Waals surface area contributed by atoms with E-state index in [-0.39, 0.29) is 17.3 Å². The van der Waals surface area contributed by atoms with Gasteiger partial charge in [0, 0.05) is 15.5 Å². The number of carbonyl (C=O) groups is 1. The summed E-state index contributed by atoms with van der Waals surface area (Å²) in [5.74, 6) is 0.136. The maximum Gasteiger partial charge on any atom is 0.184 e. The zero-order valence-corrected chi connectivity index (χ0v) is 14.6. The molecule has 22 heavy (non-hydrogen) atoms. The number of Topliss-reactive ketones (excluding diaryl/α,β-unsaturated/α-hetero) is 1. The van der Waals surface area contributed by atoms with E-state index >= 15 is 0 Å². The monoisotopic (exact) mass is 360 g/mol. The van der Waals surface area contributed by atoms with Crippen LogP contribution in [-0.4, -0.2) is 17.0 Å². The van der Waals surface area contributed by atoms with E-state index in [1.54, 1.807) is 0 Å². The summed E-state index contributed by atoms with van der Waals surface area (Å²) in [6.07, 6.45) is 4.97. The van der Waals surface area contributed by atoms with E-state index in [0.717, 1.165) is 40.4 Å². The molecule has 1 fully saturated rings. The lowest BCUT2D eigenvalue weighted by Gasteiger charge is -2.45. The Morgan fingerprint density at radius 3 is 2.82 bits per heavy atom. The molecule has 1 aromatic rings. The van der Waals surface area contributed by atoms with Crippen LogP contribution in [0, 0.1) is 5.41 Å². The van der Waals surface area contributed by atoms with Crippen LogP contribution >= 0.6 is 15.9 Å². The first-order chi connectivity index (χ1) is 10.4. The molecule has 1 aromatic carbocycles. The number of hydrogen-bond donors (Lipinski definition) is 1. The van der Waals surface area contributed by atoms with E-state index in [2.05, 4.69) is 22.9 Å². The highest BCUT2D eigenvalue weighted by molar-refractivity contribution is 9.10. The second kappa shape index (κ2) is 5.78. The van der Waals surface area contributed by atoms with Crippen molar-refractivity contribution in [1.82, 2.24) is 0 Å². The van der Waals surface area contributed by atoms with Crippen molar-refractivity contribution >= 4 is 27.8 Å². The van der Waals surface area contributed by atoms with Gasteiger partial charge in [-0.15, -0.1) is 0 Å². The Labute approximate surface area is 140 Å². The summed E-state index contributed by atoms with van der Waals surface area (Å²) >= 11 is 3.54. The number of allylic oxidation sites excluding steroid dienone is 2. The van der Waals surface area contributed by atoms with Gasteiger partial charge in [0.15, 0.2) is 5.78 Å². The van der Waals surface area contributed by atoms with Gasteiger partial charge in [0.1, 0.15) is 0 Å². The van der Waals surface area contributed by atoms with E-state index in [9.17, 15) is 9.90 Å². The van der Waals surface area contributed by atoms with Crippen LogP contribution in [0.1, 0.15) is 45.1 Å². The fraction of sp³-hybridized carbons (Fsp3) is 0.421. The lowest BCUT2D eigenvalue weighted by Crippen LogP contribution is -2.42. The fourth-order valence-corrected chi connectivity index (χ4v) is 4.27. The Kier molecular flexibility index (Phi) is 4.13. The molecule has 1 N–H and O–H groups in total. The molecule has 0 spiro atoms. The first kappa shape index (κ1) is 15.7. The number of benzene rings is 1. The molecule has 0 bridgehead atoms. The fourth-order valence-electron chi connectivity index (χ4n) is 3.87. The molecule has 2 nitrogen and oxygen atoms in total. The Balaban J connectivity index is 2.08. The van der Waals surface area contributed by atoms with Crippen LogP contribution in [-0.2, 0) is 4.79 Å². The van der Waals surface area contributed by atoms with Crippen molar-refractivity contribution in [2.45, 2.75) is 45.6 Å². The SMILES string of the molecule is CC1=C2CCCC(O)[C@@]2(C)CC(=Cc2ccccc2Br)C1=O. The predicted molar refractivity (Wildman–Crippen MR) is 92.4 cm³/mol. The third kappa shape index (κ3) is 2.50. The van der Waals surface area contributed by atoms with Crippen molar-refractivity contribution in [1.29, 1.82) is 0 Å². The number of halogens is 1. The Morgan fingerprint density at radius 2 is 2.09 bits per heavy atom. The summed E-state index contributed by atoms with van der Waals surface area (Å²) in [6, 6.07) is 7.91. The summed E-state index contributed by atoms with van der Waals surface area (Å²) in [4.78, 5) is 12.7. The maximum absolute atomic E-state index is 12.7. The van der Waals surface area contributed by atoms with Crippen LogP contribution in [0.5, 0.6) is 0 Å². The van der Waals surface area contributed by atoms with E-state index in [4.69, 9.17) is 0 Å².